The number of amides is 1. The van der Waals surface area contributed by atoms with Crippen LogP contribution in [0.3, 0.4) is 0 Å². The van der Waals surface area contributed by atoms with Crippen LogP contribution >= 0.6 is 11.3 Å². The van der Waals surface area contributed by atoms with Crippen molar-refractivity contribution in [3.05, 3.63) is 39.8 Å². The molecule has 1 aromatic carbocycles. The summed E-state index contributed by atoms with van der Waals surface area (Å²) in [4.78, 5) is 14.3. The second-order valence-corrected chi connectivity index (χ2v) is 6.44. The van der Waals surface area contributed by atoms with Crippen LogP contribution < -0.4 is 10.2 Å². The summed E-state index contributed by atoms with van der Waals surface area (Å²) >= 11 is 1.32. The zero-order chi connectivity index (χ0) is 14.8. The van der Waals surface area contributed by atoms with Crippen molar-refractivity contribution < 1.29 is 4.79 Å². The lowest BCUT2D eigenvalue weighted by atomic mass is 10.2. The van der Waals surface area contributed by atoms with Crippen LogP contribution in [0.1, 0.15) is 27.3 Å². The van der Waals surface area contributed by atoms with E-state index in [1.165, 1.54) is 22.6 Å². The van der Waals surface area contributed by atoms with Gasteiger partial charge in [0.15, 0.2) is 0 Å². The standard InChI is InChI=1S/C15H18N4OS/c1-10(9-16-14(20)15-18-17-11(2)21-15)19-8-7-12-5-3-4-6-13(12)19/h3-6,10H,7-9H2,1-2H3,(H,16,20). The van der Waals surface area contributed by atoms with E-state index in [1.807, 2.05) is 6.92 Å². The molecule has 1 atom stereocenters. The first-order valence-electron chi connectivity index (χ1n) is 7.08. The lowest BCUT2D eigenvalue weighted by Crippen LogP contribution is -2.41. The van der Waals surface area contributed by atoms with Gasteiger partial charge in [-0.05, 0) is 31.9 Å². The van der Waals surface area contributed by atoms with Gasteiger partial charge in [-0.2, -0.15) is 0 Å². The SMILES string of the molecule is Cc1nnc(C(=O)NCC(C)N2CCc3ccccc32)s1. The molecule has 0 saturated heterocycles. The minimum Gasteiger partial charge on any atom is -0.366 e. The van der Waals surface area contributed by atoms with E-state index in [-0.39, 0.29) is 11.9 Å². The number of aromatic nitrogens is 2. The van der Waals surface area contributed by atoms with Gasteiger partial charge in [0.05, 0.1) is 0 Å². The van der Waals surface area contributed by atoms with Gasteiger partial charge in [0.2, 0.25) is 5.01 Å². The molecule has 0 radical (unpaired) electrons. The zero-order valence-electron chi connectivity index (χ0n) is 12.2. The second-order valence-electron chi connectivity index (χ2n) is 5.26. The highest BCUT2D eigenvalue weighted by atomic mass is 32.1. The largest absolute Gasteiger partial charge is 0.366 e. The van der Waals surface area contributed by atoms with Gasteiger partial charge in [0, 0.05) is 24.8 Å². The van der Waals surface area contributed by atoms with Crippen molar-refractivity contribution in [1.29, 1.82) is 0 Å². The first-order chi connectivity index (χ1) is 10.1. The summed E-state index contributed by atoms with van der Waals surface area (Å²) in [5.41, 5.74) is 2.67. The summed E-state index contributed by atoms with van der Waals surface area (Å²) in [6, 6.07) is 8.71. The Bertz CT molecular complexity index is 655. The molecule has 1 aliphatic rings. The van der Waals surface area contributed by atoms with Gasteiger partial charge in [-0.25, -0.2) is 0 Å². The number of rotatable bonds is 4. The van der Waals surface area contributed by atoms with Crippen molar-refractivity contribution in [2.45, 2.75) is 26.3 Å². The smallest absolute Gasteiger partial charge is 0.282 e. The second kappa shape index (κ2) is 5.81. The Hall–Kier alpha value is -1.95. The molecule has 1 aromatic heterocycles. The summed E-state index contributed by atoms with van der Waals surface area (Å²) in [5, 5.41) is 11.9. The average molecular weight is 302 g/mol. The summed E-state index contributed by atoms with van der Waals surface area (Å²) in [6.45, 7) is 5.59. The molecular formula is C15H18N4OS. The highest BCUT2D eigenvalue weighted by molar-refractivity contribution is 7.13. The highest BCUT2D eigenvalue weighted by Gasteiger charge is 2.23. The summed E-state index contributed by atoms with van der Waals surface area (Å²) in [7, 11) is 0. The molecule has 0 bridgehead atoms. The fraction of sp³-hybridized carbons (Fsp3) is 0.400. The van der Waals surface area contributed by atoms with Crippen LogP contribution in [0.4, 0.5) is 5.69 Å². The molecule has 3 rings (SSSR count). The number of fused-ring (bicyclic) bond motifs is 1. The summed E-state index contributed by atoms with van der Waals surface area (Å²) < 4.78 is 0. The molecule has 21 heavy (non-hydrogen) atoms. The summed E-state index contributed by atoms with van der Waals surface area (Å²) in [5.74, 6) is -0.139. The first kappa shape index (κ1) is 14.0. The molecular weight excluding hydrogens is 284 g/mol. The molecule has 1 amide bonds. The minimum absolute atomic E-state index is 0.139. The molecule has 2 aromatic rings. The van der Waals surface area contributed by atoms with E-state index >= 15 is 0 Å². The van der Waals surface area contributed by atoms with Crippen molar-refractivity contribution in [2.75, 3.05) is 18.0 Å². The number of carbonyl (C=O) groups excluding carboxylic acids is 1. The quantitative estimate of drug-likeness (QED) is 0.939. The van der Waals surface area contributed by atoms with Crippen molar-refractivity contribution in [2.24, 2.45) is 0 Å². The Labute approximate surface area is 128 Å². The van der Waals surface area contributed by atoms with Gasteiger partial charge in [0.25, 0.3) is 5.91 Å². The van der Waals surface area contributed by atoms with Gasteiger partial charge in [0.1, 0.15) is 5.01 Å². The van der Waals surface area contributed by atoms with Gasteiger partial charge in [-0.1, -0.05) is 29.5 Å². The van der Waals surface area contributed by atoms with Crippen molar-refractivity contribution >= 4 is 22.9 Å². The predicted octanol–water partition coefficient (Wildman–Crippen LogP) is 2.03. The zero-order valence-corrected chi connectivity index (χ0v) is 13.0. The highest BCUT2D eigenvalue weighted by Crippen LogP contribution is 2.28. The number of aryl methyl sites for hydroxylation is 1. The number of hydrogen-bond donors (Lipinski definition) is 1. The number of benzene rings is 1. The van der Waals surface area contributed by atoms with E-state index in [0.717, 1.165) is 18.0 Å². The van der Waals surface area contributed by atoms with E-state index in [0.29, 0.717) is 11.6 Å². The number of nitrogens with zero attached hydrogens (tertiary/aromatic N) is 3. The van der Waals surface area contributed by atoms with Crippen LogP contribution in [0, 0.1) is 6.92 Å². The van der Waals surface area contributed by atoms with Crippen molar-refractivity contribution in [1.82, 2.24) is 15.5 Å². The van der Waals surface area contributed by atoms with E-state index in [2.05, 4.69) is 51.6 Å². The number of para-hydroxylation sites is 1. The van der Waals surface area contributed by atoms with E-state index in [1.54, 1.807) is 0 Å². The Morgan fingerprint density at radius 2 is 2.24 bits per heavy atom. The topological polar surface area (TPSA) is 58.1 Å². The van der Waals surface area contributed by atoms with Crippen LogP contribution in [0.2, 0.25) is 0 Å². The molecule has 0 saturated carbocycles. The maximum Gasteiger partial charge on any atom is 0.282 e. The molecule has 6 heteroatoms. The molecule has 1 aliphatic heterocycles. The molecule has 1 N–H and O–H groups in total. The molecule has 0 spiro atoms. The van der Waals surface area contributed by atoms with E-state index < -0.39 is 0 Å². The molecule has 110 valence electrons. The number of nitrogens with one attached hydrogen (secondary N) is 1. The van der Waals surface area contributed by atoms with E-state index in [4.69, 9.17) is 0 Å². The fourth-order valence-corrected chi connectivity index (χ4v) is 3.24. The molecule has 1 unspecified atom stereocenters. The Morgan fingerprint density at radius 3 is 3.00 bits per heavy atom. The Balaban J connectivity index is 1.60. The van der Waals surface area contributed by atoms with Gasteiger partial charge < -0.3 is 10.2 Å². The van der Waals surface area contributed by atoms with Crippen LogP contribution in [-0.2, 0) is 6.42 Å². The lowest BCUT2D eigenvalue weighted by molar-refractivity contribution is 0.0950. The Morgan fingerprint density at radius 1 is 1.43 bits per heavy atom. The third-order valence-corrected chi connectivity index (χ3v) is 4.57. The molecule has 0 fully saturated rings. The maximum absolute atomic E-state index is 12.0. The Kier molecular flexibility index (Phi) is 3.88. The van der Waals surface area contributed by atoms with E-state index in [9.17, 15) is 4.79 Å². The number of carbonyl (C=O) groups is 1. The third kappa shape index (κ3) is 2.90. The molecule has 0 aliphatic carbocycles. The normalized spacial score (nSPS) is 14.9. The monoisotopic (exact) mass is 302 g/mol. The maximum atomic E-state index is 12.0. The number of anilines is 1. The van der Waals surface area contributed by atoms with Crippen LogP contribution in [0.5, 0.6) is 0 Å². The average Bonchev–Trinajstić information content (AvgIpc) is 3.10. The lowest BCUT2D eigenvalue weighted by Gasteiger charge is -2.27. The summed E-state index contributed by atoms with van der Waals surface area (Å²) in [6.07, 6.45) is 1.07. The molecule has 5 nitrogen and oxygen atoms in total. The number of hydrogen-bond acceptors (Lipinski definition) is 5. The minimum atomic E-state index is -0.139. The van der Waals surface area contributed by atoms with Crippen LogP contribution in [-0.4, -0.2) is 35.2 Å². The van der Waals surface area contributed by atoms with Crippen molar-refractivity contribution in [3.8, 4) is 0 Å². The first-order valence-corrected chi connectivity index (χ1v) is 7.89. The van der Waals surface area contributed by atoms with Crippen molar-refractivity contribution in [3.63, 3.8) is 0 Å². The van der Waals surface area contributed by atoms with Gasteiger partial charge in [-0.15, -0.1) is 10.2 Å². The predicted molar refractivity (Wildman–Crippen MR) is 83.9 cm³/mol. The van der Waals surface area contributed by atoms with Gasteiger partial charge in [-0.3, -0.25) is 4.79 Å². The van der Waals surface area contributed by atoms with Crippen LogP contribution in [0.25, 0.3) is 0 Å². The van der Waals surface area contributed by atoms with Gasteiger partial charge >= 0.3 is 0 Å². The van der Waals surface area contributed by atoms with Crippen LogP contribution in [0.15, 0.2) is 24.3 Å². The third-order valence-electron chi connectivity index (χ3n) is 3.73. The molecule has 2 heterocycles. The fourth-order valence-electron chi connectivity index (χ4n) is 2.64.